The van der Waals surface area contributed by atoms with Gasteiger partial charge in [-0.15, -0.1) is 0 Å². The van der Waals surface area contributed by atoms with Gasteiger partial charge in [-0.3, -0.25) is 13.9 Å². The Morgan fingerprint density at radius 1 is 0.886 bits per heavy atom. The highest BCUT2D eigenvalue weighted by atomic mass is 35.5. The summed E-state index contributed by atoms with van der Waals surface area (Å²) in [7, 11) is -4.30. The van der Waals surface area contributed by atoms with Crippen LogP contribution < -0.4 is 9.62 Å². The molecular formula is C34H35ClFN3O4S. The highest BCUT2D eigenvalue weighted by Crippen LogP contribution is 2.31. The van der Waals surface area contributed by atoms with E-state index in [1.165, 1.54) is 47.4 Å². The summed E-state index contributed by atoms with van der Waals surface area (Å²) < 4.78 is 44.0. The quantitative estimate of drug-likeness (QED) is 0.191. The minimum atomic E-state index is -4.30. The van der Waals surface area contributed by atoms with Crippen molar-refractivity contribution in [3.63, 3.8) is 0 Å². The van der Waals surface area contributed by atoms with Gasteiger partial charge in [0.05, 0.1) is 15.6 Å². The number of sulfonamides is 1. The molecule has 7 nitrogen and oxygen atoms in total. The van der Waals surface area contributed by atoms with E-state index >= 15 is 0 Å². The van der Waals surface area contributed by atoms with Crippen molar-refractivity contribution in [3.8, 4) is 0 Å². The molecule has 2 amide bonds. The minimum Gasteiger partial charge on any atom is -0.354 e. The highest BCUT2D eigenvalue weighted by molar-refractivity contribution is 7.92. The Bertz CT molecular complexity index is 1680. The van der Waals surface area contributed by atoms with Crippen LogP contribution in [0.5, 0.6) is 0 Å². The van der Waals surface area contributed by atoms with Gasteiger partial charge in [0, 0.05) is 25.1 Å². The zero-order chi connectivity index (χ0) is 31.7. The number of rotatable bonds is 13. The lowest BCUT2D eigenvalue weighted by atomic mass is 10.0. The molecule has 0 aliphatic heterocycles. The third kappa shape index (κ3) is 8.03. The Hall–Kier alpha value is -4.21. The lowest BCUT2D eigenvalue weighted by Gasteiger charge is -2.34. The molecule has 0 heterocycles. The monoisotopic (exact) mass is 635 g/mol. The fourth-order valence-corrected chi connectivity index (χ4v) is 6.46. The molecule has 0 saturated carbocycles. The Morgan fingerprint density at radius 2 is 1.52 bits per heavy atom. The standard InChI is InChI=1S/C34H35ClFN3O4S/c1-3-21-37-34(41)32(22-26-11-5-4-6-12-26)38(23-27-13-7-9-15-30(27)36)33(40)24-39(31-16-10-8-14-29(31)35)44(42,43)28-19-17-25(2)18-20-28/h4-20,32H,3,21-24H2,1-2H3,(H,37,41)/t32-/m1/s1. The Labute approximate surface area is 263 Å². The third-order valence-corrected chi connectivity index (χ3v) is 9.22. The van der Waals surface area contributed by atoms with Crippen molar-refractivity contribution < 1.29 is 22.4 Å². The van der Waals surface area contributed by atoms with E-state index in [0.717, 1.165) is 15.4 Å². The first-order valence-corrected chi connectivity index (χ1v) is 16.1. The first-order chi connectivity index (χ1) is 21.1. The van der Waals surface area contributed by atoms with E-state index in [0.29, 0.717) is 13.0 Å². The van der Waals surface area contributed by atoms with Crippen molar-refractivity contribution >= 4 is 39.1 Å². The average molecular weight is 636 g/mol. The van der Waals surface area contributed by atoms with Crippen LogP contribution >= 0.6 is 11.6 Å². The average Bonchev–Trinajstić information content (AvgIpc) is 3.02. The predicted octanol–water partition coefficient (Wildman–Crippen LogP) is 6.15. The summed E-state index contributed by atoms with van der Waals surface area (Å²) in [6, 6.07) is 26.7. The van der Waals surface area contributed by atoms with Gasteiger partial charge in [-0.05, 0) is 49.2 Å². The van der Waals surface area contributed by atoms with Gasteiger partial charge in [0.15, 0.2) is 0 Å². The molecule has 230 valence electrons. The molecular weight excluding hydrogens is 601 g/mol. The van der Waals surface area contributed by atoms with Crippen LogP contribution in [0.2, 0.25) is 5.02 Å². The van der Waals surface area contributed by atoms with Gasteiger partial charge in [0.25, 0.3) is 10.0 Å². The Kier molecular flexibility index (Phi) is 11.1. The maximum atomic E-state index is 15.0. The number of nitrogens with zero attached hydrogens (tertiary/aromatic N) is 2. The smallest absolute Gasteiger partial charge is 0.264 e. The van der Waals surface area contributed by atoms with Crippen LogP contribution in [0.4, 0.5) is 10.1 Å². The summed E-state index contributed by atoms with van der Waals surface area (Å²) in [5, 5.41) is 2.99. The van der Waals surface area contributed by atoms with Crippen molar-refractivity contribution in [2.75, 3.05) is 17.4 Å². The molecule has 1 atom stereocenters. The van der Waals surface area contributed by atoms with Crippen LogP contribution in [0, 0.1) is 12.7 Å². The minimum absolute atomic E-state index is 0.0296. The molecule has 0 spiro atoms. The number of hydrogen-bond acceptors (Lipinski definition) is 4. The van der Waals surface area contributed by atoms with Crippen molar-refractivity contribution in [1.82, 2.24) is 10.2 Å². The summed E-state index contributed by atoms with van der Waals surface area (Å²) in [6.07, 6.45) is 0.799. The second kappa shape index (κ2) is 15.0. The first kappa shape index (κ1) is 32.7. The van der Waals surface area contributed by atoms with Crippen molar-refractivity contribution in [1.29, 1.82) is 0 Å². The summed E-state index contributed by atoms with van der Waals surface area (Å²) in [5.74, 6) is -1.67. The molecule has 0 aliphatic rings. The van der Waals surface area contributed by atoms with E-state index in [9.17, 15) is 22.4 Å². The van der Waals surface area contributed by atoms with Crippen LogP contribution in [0.25, 0.3) is 0 Å². The van der Waals surface area contributed by atoms with Gasteiger partial charge >= 0.3 is 0 Å². The van der Waals surface area contributed by atoms with E-state index in [1.807, 2.05) is 44.2 Å². The van der Waals surface area contributed by atoms with E-state index < -0.39 is 40.2 Å². The molecule has 4 aromatic carbocycles. The molecule has 0 fully saturated rings. The lowest BCUT2D eigenvalue weighted by molar-refractivity contribution is -0.140. The number of nitrogens with one attached hydrogen (secondary N) is 1. The number of anilines is 1. The normalized spacial score (nSPS) is 11.9. The number of para-hydroxylation sites is 1. The van der Waals surface area contributed by atoms with Gasteiger partial charge in [-0.1, -0.05) is 96.9 Å². The molecule has 0 bridgehead atoms. The van der Waals surface area contributed by atoms with Crippen LogP contribution in [-0.4, -0.2) is 44.3 Å². The number of halogens is 2. The van der Waals surface area contributed by atoms with Crippen LogP contribution in [0.15, 0.2) is 108 Å². The van der Waals surface area contributed by atoms with Gasteiger partial charge < -0.3 is 10.2 Å². The molecule has 1 N–H and O–H groups in total. The summed E-state index contributed by atoms with van der Waals surface area (Å²) in [6.45, 7) is 3.18. The highest BCUT2D eigenvalue weighted by Gasteiger charge is 2.35. The number of benzene rings is 4. The van der Waals surface area contributed by atoms with E-state index in [-0.39, 0.29) is 34.1 Å². The Balaban J connectivity index is 1.81. The SMILES string of the molecule is CCCNC(=O)[C@@H](Cc1ccccc1)N(Cc1ccccc1F)C(=O)CN(c1ccccc1Cl)S(=O)(=O)c1ccc(C)cc1. The number of aryl methyl sites for hydroxylation is 1. The topological polar surface area (TPSA) is 86.8 Å². The predicted molar refractivity (Wildman–Crippen MR) is 171 cm³/mol. The van der Waals surface area contributed by atoms with E-state index in [2.05, 4.69) is 5.32 Å². The second-order valence-corrected chi connectivity index (χ2v) is 12.7. The molecule has 0 aromatic heterocycles. The van der Waals surface area contributed by atoms with E-state index in [4.69, 9.17) is 11.6 Å². The van der Waals surface area contributed by atoms with Crippen molar-refractivity contribution in [2.45, 2.75) is 44.2 Å². The maximum Gasteiger partial charge on any atom is 0.264 e. The fourth-order valence-electron chi connectivity index (χ4n) is 4.73. The molecule has 0 saturated heterocycles. The number of carbonyl (C=O) groups excluding carboxylic acids is 2. The largest absolute Gasteiger partial charge is 0.354 e. The van der Waals surface area contributed by atoms with Crippen molar-refractivity contribution in [3.05, 3.63) is 131 Å². The first-order valence-electron chi connectivity index (χ1n) is 14.3. The molecule has 10 heteroatoms. The zero-order valence-electron chi connectivity index (χ0n) is 24.6. The van der Waals surface area contributed by atoms with Crippen LogP contribution in [-0.2, 0) is 32.6 Å². The molecule has 0 unspecified atom stereocenters. The lowest BCUT2D eigenvalue weighted by Crippen LogP contribution is -2.53. The number of hydrogen-bond donors (Lipinski definition) is 1. The third-order valence-electron chi connectivity index (χ3n) is 7.13. The van der Waals surface area contributed by atoms with Crippen molar-refractivity contribution in [2.24, 2.45) is 0 Å². The summed E-state index contributed by atoms with van der Waals surface area (Å²) in [5.41, 5.74) is 1.94. The van der Waals surface area contributed by atoms with Gasteiger partial charge in [0.2, 0.25) is 11.8 Å². The zero-order valence-corrected chi connectivity index (χ0v) is 26.2. The fraction of sp³-hybridized carbons (Fsp3) is 0.235. The second-order valence-electron chi connectivity index (χ2n) is 10.4. The van der Waals surface area contributed by atoms with Crippen LogP contribution in [0.1, 0.15) is 30.0 Å². The number of amides is 2. The molecule has 44 heavy (non-hydrogen) atoms. The molecule has 0 radical (unpaired) electrons. The molecule has 4 rings (SSSR count). The Morgan fingerprint density at radius 3 is 2.18 bits per heavy atom. The summed E-state index contributed by atoms with van der Waals surface area (Å²) >= 11 is 6.48. The van der Waals surface area contributed by atoms with E-state index in [1.54, 1.807) is 30.3 Å². The van der Waals surface area contributed by atoms with Gasteiger partial charge in [-0.25, -0.2) is 12.8 Å². The molecule has 0 aliphatic carbocycles. The molecule has 4 aromatic rings. The van der Waals surface area contributed by atoms with Crippen LogP contribution in [0.3, 0.4) is 0 Å². The van der Waals surface area contributed by atoms with Gasteiger partial charge in [0.1, 0.15) is 18.4 Å². The van der Waals surface area contributed by atoms with Gasteiger partial charge in [-0.2, -0.15) is 0 Å². The summed E-state index contributed by atoms with van der Waals surface area (Å²) in [4.78, 5) is 29.2. The maximum absolute atomic E-state index is 15.0. The number of carbonyl (C=O) groups is 2.